The van der Waals surface area contributed by atoms with E-state index in [1.165, 1.54) is 5.56 Å². The van der Waals surface area contributed by atoms with Gasteiger partial charge in [-0.2, -0.15) is 0 Å². The van der Waals surface area contributed by atoms with Crippen LogP contribution in [-0.4, -0.2) is 26.3 Å². The summed E-state index contributed by atoms with van der Waals surface area (Å²) in [6.07, 6.45) is 1.08. The van der Waals surface area contributed by atoms with Crippen molar-refractivity contribution in [2.45, 2.75) is 32.6 Å². The van der Waals surface area contributed by atoms with Gasteiger partial charge in [0.15, 0.2) is 11.5 Å². The van der Waals surface area contributed by atoms with Gasteiger partial charge in [-0.3, -0.25) is 0 Å². The van der Waals surface area contributed by atoms with Crippen LogP contribution in [0.4, 0.5) is 0 Å². The molecule has 0 fully saturated rings. The van der Waals surface area contributed by atoms with E-state index in [1.807, 2.05) is 6.07 Å². The molecule has 1 aliphatic heterocycles. The maximum absolute atomic E-state index is 5.68. The number of nitrogens with one attached hydrogen (secondary N) is 1. The van der Waals surface area contributed by atoms with Gasteiger partial charge in [-0.05, 0) is 42.6 Å². The Morgan fingerprint density at radius 3 is 2.47 bits per heavy atom. The van der Waals surface area contributed by atoms with Crippen LogP contribution in [0.3, 0.4) is 0 Å². The largest absolute Gasteiger partial charge is 0.486 e. The standard InChI is InChI=1S/C15H22BrNO2/c1-4-17-6-5-15(2,3)11-9-13-14(10-12(11)16)19-8-7-18-13/h9-10,17H,4-8H2,1-3H3. The van der Waals surface area contributed by atoms with Crippen LogP contribution in [0, 0.1) is 0 Å². The average molecular weight is 328 g/mol. The molecule has 0 atom stereocenters. The Hall–Kier alpha value is -0.740. The Labute approximate surface area is 123 Å². The molecule has 0 saturated heterocycles. The van der Waals surface area contributed by atoms with Crippen LogP contribution < -0.4 is 14.8 Å². The number of fused-ring (bicyclic) bond motifs is 1. The number of benzene rings is 1. The Balaban J connectivity index is 2.23. The van der Waals surface area contributed by atoms with Gasteiger partial charge < -0.3 is 14.8 Å². The van der Waals surface area contributed by atoms with E-state index in [0.29, 0.717) is 13.2 Å². The lowest BCUT2D eigenvalue weighted by Crippen LogP contribution is -2.26. The fourth-order valence-corrected chi connectivity index (χ4v) is 3.15. The minimum atomic E-state index is 0.0941. The lowest BCUT2D eigenvalue weighted by molar-refractivity contribution is 0.171. The van der Waals surface area contributed by atoms with E-state index in [0.717, 1.165) is 35.5 Å². The first-order chi connectivity index (χ1) is 9.04. The van der Waals surface area contributed by atoms with Gasteiger partial charge in [0, 0.05) is 4.47 Å². The lowest BCUT2D eigenvalue weighted by atomic mass is 9.81. The fraction of sp³-hybridized carbons (Fsp3) is 0.600. The highest BCUT2D eigenvalue weighted by Crippen LogP contribution is 2.41. The Morgan fingerprint density at radius 2 is 1.84 bits per heavy atom. The minimum Gasteiger partial charge on any atom is -0.486 e. The van der Waals surface area contributed by atoms with Gasteiger partial charge in [0.25, 0.3) is 0 Å². The number of hydrogen-bond donors (Lipinski definition) is 1. The maximum atomic E-state index is 5.68. The number of rotatable bonds is 5. The van der Waals surface area contributed by atoms with Crippen molar-refractivity contribution in [1.82, 2.24) is 5.32 Å². The average Bonchev–Trinajstić information content (AvgIpc) is 2.38. The highest BCUT2D eigenvalue weighted by atomic mass is 79.9. The molecule has 19 heavy (non-hydrogen) atoms. The molecule has 3 nitrogen and oxygen atoms in total. The third-order valence-corrected chi connectivity index (χ3v) is 4.19. The number of ether oxygens (including phenoxy) is 2. The van der Waals surface area contributed by atoms with Crippen molar-refractivity contribution in [3.63, 3.8) is 0 Å². The van der Waals surface area contributed by atoms with Gasteiger partial charge in [0.2, 0.25) is 0 Å². The molecule has 4 heteroatoms. The van der Waals surface area contributed by atoms with E-state index in [4.69, 9.17) is 9.47 Å². The Bertz CT molecular complexity index is 446. The molecule has 0 aliphatic carbocycles. The van der Waals surface area contributed by atoms with Crippen LogP contribution in [0.15, 0.2) is 16.6 Å². The highest BCUT2D eigenvalue weighted by molar-refractivity contribution is 9.10. The maximum Gasteiger partial charge on any atom is 0.162 e. The second kappa shape index (κ2) is 6.14. The molecule has 1 heterocycles. The first-order valence-electron chi connectivity index (χ1n) is 6.85. The topological polar surface area (TPSA) is 30.5 Å². The molecule has 0 amide bonds. The molecular formula is C15H22BrNO2. The van der Waals surface area contributed by atoms with E-state index in [9.17, 15) is 0 Å². The van der Waals surface area contributed by atoms with Crippen molar-refractivity contribution in [2.75, 3.05) is 26.3 Å². The van der Waals surface area contributed by atoms with Gasteiger partial charge in [-0.15, -0.1) is 0 Å². The van der Waals surface area contributed by atoms with Crippen molar-refractivity contribution in [3.8, 4) is 11.5 Å². The quantitative estimate of drug-likeness (QED) is 0.839. The Kier molecular flexibility index (Phi) is 4.74. The first kappa shape index (κ1) is 14.7. The van der Waals surface area contributed by atoms with Crippen molar-refractivity contribution in [2.24, 2.45) is 0 Å². The molecule has 2 rings (SSSR count). The van der Waals surface area contributed by atoms with Crippen LogP contribution in [0.25, 0.3) is 0 Å². The SMILES string of the molecule is CCNCCC(C)(C)c1cc2c(cc1Br)OCCO2. The van der Waals surface area contributed by atoms with Crippen molar-refractivity contribution >= 4 is 15.9 Å². The Morgan fingerprint density at radius 1 is 1.21 bits per heavy atom. The van der Waals surface area contributed by atoms with Gasteiger partial charge in [0.05, 0.1) is 0 Å². The molecule has 1 N–H and O–H groups in total. The molecule has 1 aromatic carbocycles. The van der Waals surface area contributed by atoms with Gasteiger partial charge in [-0.1, -0.05) is 36.7 Å². The molecule has 1 aromatic rings. The third kappa shape index (κ3) is 3.42. The predicted octanol–water partition coefficient (Wildman–Crippen LogP) is 3.50. The van der Waals surface area contributed by atoms with Crippen LogP contribution >= 0.6 is 15.9 Å². The van der Waals surface area contributed by atoms with E-state index in [1.54, 1.807) is 0 Å². The second-order valence-corrected chi connectivity index (χ2v) is 6.32. The fourth-order valence-electron chi connectivity index (χ4n) is 2.29. The summed E-state index contributed by atoms with van der Waals surface area (Å²) in [5.41, 5.74) is 1.37. The molecule has 106 valence electrons. The van der Waals surface area contributed by atoms with E-state index in [2.05, 4.69) is 48.1 Å². The number of hydrogen-bond acceptors (Lipinski definition) is 3. The summed E-state index contributed by atoms with van der Waals surface area (Å²) < 4.78 is 12.4. The zero-order valence-electron chi connectivity index (χ0n) is 11.9. The van der Waals surface area contributed by atoms with E-state index in [-0.39, 0.29) is 5.41 Å². The summed E-state index contributed by atoms with van der Waals surface area (Å²) in [6, 6.07) is 4.14. The number of halogens is 1. The zero-order chi connectivity index (χ0) is 13.9. The van der Waals surface area contributed by atoms with Crippen molar-refractivity contribution in [1.29, 1.82) is 0 Å². The molecule has 0 saturated carbocycles. The normalized spacial score (nSPS) is 14.5. The molecular weight excluding hydrogens is 306 g/mol. The second-order valence-electron chi connectivity index (χ2n) is 5.46. The molecule has 0 unspecified atom stereocenters. The van der Waals surface area contributed by atoms with Crippen LogP contribution in [0.5, 0.6) is 11.5 Å². The summed E-state index contributed by atoms with van der Waals surface area (Å²) >= 11 is 3.66. The summed E-state index contributed by atoms with van der Waals surface area (Å²) in [5.74, 6) is 1.70. The summed E-state index contributed by atoms with van der Waals surface area (Å²) in [6.45, 7) is 9.95. The smallest absolute Gasteiger partial charge is 0.162 e. The third-order valence-electron chi connectivity index (χ3n) is 3.54. The van der Waals surface area contributed by atoms with Gasteiger partial charge >= 0.3 is 0 Å². The highest BCUT2D eigenvalue weighted by Gasteiger charge is 2.25. The van der Waals surface area contributed by atoms with E-state index < -0.39 is 0 Å². The summed E-state index contributed by atoms with van der Waals surface area (Å²) in [4.78, 5) is 0. The van der Waals surface area contributed by atoms with Crippen LogP contribution in [0.1, 0.15) is 32.8 Å². The van der Waals surface area contributed by atoms with Crippen molar-refractivity contribution < 1.29 is 9.47 Å². The molecule has 1 aliphatic rings. The predicted molar refractivity (Wildman–Crippen MR) is 81.3 cm³/mol. The monoisotopic (exact) mass is 327 g/mol. The molecule has 0 bridgehead atoms. The first-order valence-corrected chi connectivity index (χ1v) is 7.64. The molecule has 0 aromatic heterocycles. The molecule has 0 spiro atoms. The zero-order valence-corrected chi connectivity index (χ0v) is 13.5. The van der Waals surface area contributed by atoms with Crippen LogP contribution in [0.2, 0.25) is 0 Å². The van der Waals surface area contributed by atoms with E-state index >= 15 is 0 Å². The van der Waals surface area contributed by atoms with Crippen molar-refractivity contribution in [3.05, 3.63) is 22.2 Å². The van der Waals surface area contributed by atoms with Crippen LogP contribution in [-0.2, 0) is 5.41 Å². The summed E-state index contributed by atoms with van der Waals surface area (Å²) in [7, 11) is 0. The summed E-state index contributed by atoms with van der Waals surface area (Å²) in [5, 5.41) is 3.38. The molecule has 0 radical (unpaired) electrons. The van der Waals surface area contributed by atoms with Gasteiger partial charge in [-0.25, -0.2) is 0 Å². The minimum absolute atomic E-state index is 0.0941. The lowest BCUT2D eigenvalue weighted by Gasteiger charge is -2.29. The van der Waals surface area contributed by atoms with Gasteiger partial charge in [0.1, 0.15) is 13.2 Å².